The molecule has 0 N–H and O–H groups in total. The minimum atomic E-state index is 0.788. The van der Waals surface area contributed by atoms with Gasteiger partial charge in [0.2, 0.25) is 0 Å². The Hall–Kier alpha value is -0.470. The third-order valence-corrected chi connectivity index (χ3v) is 3.99. The van der Waals surface area contributed by atoms with Crippen LogP contribution in [0.1, 0.15) is 37.7 Å². The molecule has 0 saturated carbocycles. The van der Waals surface area contributed by atoms with Gasteiger partial charge in [-0.3, -0.25) is 4.90 Å². The first-order valence-electron chi connectivity index (χ1n) is 6.79. The van der Waals surface area contributed by atoms with Crippen LogP contribution >= 0.6 is 12.6 Å². The average Bonchev–Trinajstić information content (AvgIpc) is 2.39. The summed E-state index contributed by atoms with van der Waals surface area (Å²) >= 11 is 4.33. The second-order valence-electron chi connectivity index (χ2n) is 4.97. The predicted molar refractivity (Wildman–Crippen MR) is 77.6 cm³/mol. The van der Waals surface area contributed by atoms with Crippen molar-refractivity contribution in [1.29, 1.82) is 0 Å². The molecule has 1 saturated heterocycles. The molecule has 0 unspecified atom stereocenters. The van der Waals surface area contributed by atoms with Crippen molar-refractivity contribution >= 4 is 12.6 Å². The van der Waals surface area contributed by atoms with Gasteiger partial charge in [0.1, 0.15) is 0 Å². The summed E-state index contributed by atoms with van der Waals surface area (Å²) in [7, 11) is 0. The van der Waals surface area contributed by atoms with Gasteiger partial charge in [0.15, 0.2) is 0 Å². The Morgan fingerprint density at radius 3 is 2.76 bits per heavy atom. The number of benzene rings is 1. The summed E-state index contributed by atoms with van der Waals surface area (Å²) < 4.78 is 0. The van der Waals surface area contributed by atoms with Gasteiger partial charge in [0.25, 0.3) is 0 Å². The maximum atomic E-state index is 4.33. The number of piperidine rings is 1. The molecule has 1 aromatic carbocycles. The van der Waals surface area contributed by atoms with Crippen molar-refractivity contribution in [2.75, 3.05) is 12.3 Å². The number of likely N-dealkylation sites (tertiary alicyclic amines) is 1. The molecule has 0 aliphatic carbocycles. The molecule has 1 aromatic rings. The Labute approximate surface area is 111 Å². The molecule has 94 valence electrons. The van der Waals surface area contributed by atoms with E-state index < -0.39 is 0 Å². The van der Waals surface area contributed by atoms with Crippen LogP contribution in [-0.2, 0) is 6.54 Å². The van der Waals surface area contributed by atoms with Gasteiger partial charge in [-0.15, -0.1) is 0 Å². The van der Waals surface area contributed by atoms with Gasteiger partial charge in [-0.1, -0.05) is 36.8 Å². The molecular weight excluding hydrogens is 226 g/mol. The number of hydrogen-bond donors (Lipinski definition) is 1. The quantitative estimate of drug-likeness (QED) is 0.778. The zero-order valence-corrected chi connectivity index (χ0v) is 11.4. The van der Waals surface area contributed by atoms with E-state index in [2.05, 4.69) is 47.9 Å². The standard InChI is InChI=1S/C15H23NS/c17-12-6-10-15-9-4-5-11-16(15)13-14-7-2-1-3-8-14/h1-3,7-8,15,17H,4-6,9-13H2/t15-/m0/s1. The highest BCUT2D eigenvalue weighted by atomic mass is 32.1. The normalized spacial score (nSPS) is 21.6. The van der Waals surface area contributed by atoms with Crippen molar-refractivity contribution in [3.8, 4) is 0 Å². The molecular formula is C15H23NS. The number of nitrogens with zero attached hydrogens (tertiary/aromatic N) is 1. The van der Waals surface area contributed by atoms with E-state index in [1.807, 2.05) is 0 Å². The van der Waals surface area contributed by atoms with Gasteiger partial charge in [0.05, 0.1) is 0 Å². The summed E-state index contributed by atoms with van der Waals surface area (Å²) in [6.07, 6.45) is 6.71. The lowest BCUT2D eigenvalue weighted by Crippen LogP contribution is -2.38. The van der Waals surface area contributed by atoms with Crippen molar-refractivity contribution in [3.05, 3.63) is 35.9 Å². The molecule has 1 fully saturated rings. The van der Waals surface area contributed by atoms with Crippen LogP contribution in [0.3, 0.4) is 0 Å². The van der Waals surface area contributed by atoms with Crippen molar-refractivity contribution in [3.63, 3.8) is 0 Å². The first-order valence-corrected chi connectivity index (χ1v) is 7.42. The molecule has 0 aromatic heterocycles. The molecule has 1 nitrogen and oxygen atoms in total. The van der Waals surface area contributed by atoms with E-state index in [0.29, 0.717) is 0 Å². The van der Waals surface area contributed by atoms with Gasteiger partial charge in [0, 0.05) is 12.6 Å². The highest BCUT2D eigenvalue weighted by molar-refractivity contribution is 7.80. The number of rotatable bonds is 5. The molecule has 1 heterocycles. The third-order valence-electron chi connectivity index (χ3n) is 3.67. The van der Waals surface area contributed by atoms with E-state index in [1.54, 1.807) is 0 Å². The Morgan fingerprint density at radius 2 is 2.00 bits per heavy atom. The molecule has 0 spiro atoms. The summed E-state index contributed by atoms with van der Waals surface area (Å²) in [6.45, 7) is 2.39. The Bertz CT molecular complexity index is 312. The zero-order valence-electron chi connectivity index (χ0n) is 10.5. The Morgan fingerprint density at radius 1 is 1.18 bits per heavy atom. The van der Waals surface area contributed by atoms with Crippen LogP contribution in [0.2, 0.25) is 0 Å². The van der Waals surface area contributed by atoms with E-state index in [4.69, 9.17) is 0 Å². The first-order chi connectivity index (χ1) is 8.40. The average molecular weight is 249 g/mol. The van der Waals surface area contributed by atoms with Crippen molar-refractivity contribution in [2.24, 2.45) is 0 Å². The van der Waals surface area contributed by atoms with Crippen LogP contribution < -0.4 is 0 Å². The lowest BCUT2D eigenvalue weighted by molar-refractivity contribution is 0.132. The molecule has 0 amide bonds. The Balaban J connectivity index is 1.92. The number of hydrogen-bond acceptors (Lipinski definition) is 2. The summed E-state index contributed by atoms with van der Waals surface area (Å²) in [5.74, 6) is 1.02. The molecule has 0 radical (unpaired) electrons. The van der Waals surface area contributed by atoms with E-state index in [9.17, 15) is 0 Å². The fourth-order valence-electron chi connectivity index (χ4n) is 2.74. The lowest BCUT2D eigenvalue weighted by atomic mass is 9.97. The summed E-state index contributed by atoms with van der Waals surface area (Å²) in [5.41, 5.74) is 1.45. The van der Waals surface area contributed by atoms with Crippen LogP contribution in [0.5, 0.6) is 0 Å². The van der Waals surface area contributed by atoms with E-state index in [0.717, 1.165) is 18.3 Å². The van der Waals surface area contributed by atoms with Crippen molar-refractivity contribution in [2.45, 2.75) is 44.7 Å². The SMILES string of the molecule is SCCC[C@@H]1CCCCN1Cc1ccccc1. The highest BCUT2D eigenvalue weighted by Gasteiger charge is 2.21. The fraction of sp³-hybridized carbons (Fsp3) is 0.600. The molecule has 1 aliphatic heterocycles. The van der Waals surface area contributed by atoms with E-state index in [1.165, 1.54) is 44.2 Å². The zero-order chi connectivity index (χ0) is 11.9. The van der Waals surface area contributed by atoms with Crippen LogP contribution in [0.25, 0.3) is 0 Å². The maximum Gasteiger partial charge on any atom is 0.0236 e. The lowest BCUT2D eigenvalue weighted by Gasteiger charge is -2.35. The second-order valence-corrected chi connectivity index (χ2v) is 5.42. The van der Waals surface area contributed by atoms with Crippen LogP contribution in [0.4, 0.5) is 0 Å². The fourth-order valence-corrected chi connectivity index (χ4v) is 2.92. The minimum Gasteiger partial charge on any atom is -0.296 e. The highest BCUT2D eigenvalue weighted by Crippen LogP contribution is 2.23. The topological polar surface area (TPSA) is 3.24 Å². The largest absolute Gasteiger partial charge is 0.296 e. The van der Waals surface area contributed by atoms with Crippen LogP contribution in [0, 0.1) is 0 Å². The molecule has 1 aliphatic rings. The Kier molecular flexibility index (Phi) is 5.40. The number of thiol groups is 1. The molecule has 2 heteroatoms. The molecule has 1 atom stereocenters. The van der Waals surface area contributed by atoms with E-state index >= 15 is 0 Å². The van der Waals surface area contributed by atoms with Crippen molar-refractivity contribution in [1.82, 2.24) is 4.90 Å². The summed E-state index contributed by atoms with van der Waals surface area (Å²) in [6, 6.07) is 11.6. The van der Waals surface area contributed by atoms with Gasteiger partial charge >= 0.3 is 0 Å². The second kappa shape index (κ2) is 7.07. The summed E-state index contributed by atoms with van der Waals surface area (Å²) in [5, 5.41) is 0. The van der Waals surface area contributed by atoms with Gasteiger partial charge in [-0.2, -0.15) is 12.6 Å². The third kappa shape index (κ3) is 4.04. The smallest absolute Gasteiger partial charge is 0.0236 e. The van der Waals surface area contributed by atoms with Crippen molar-refractivity contribution < 1.29 is 0 Å². The maximum absolute atomic E-state index is 4.33. The molecule has 2 rings (SSSR count). The predicted octanol–water partition coefficient (Wildman–Crippen LogP) is 3.75. The minimum absolute atomic E-state index is 0.788. The molecule has 0 bridgehead atoms. The van der Waals surface area contributed by atoms with Gasteiger partial charge in [-0.25, -0.2) is 0 Å². The monoisotopic (exact) mass is 249 g/mol. The van der Waals surface area contributed by atoms with Crippen LogP contribution in [-0.4, -0.2) is 23.2 Å². The summed E-state index contributed by atoms with van der Waals surface area (Å²) in [4.78, 5) is 2.67. The first kappa shape index (κ1) is 13.0. The van der Waals surface area contributed by atoms with Crippen LogP contribution in [0.15, 0.2) is 30.3 Å². The van der Waals surface area contributed by atoms with Gasteiger partial charge < -0.3 is 0 Å². The van der Waals surface area contributed by atoms with Gasteiger partial charge in [-0.05, 0) is 43.5 Å². The van der Waals surface area contributed by atoms with E-state index in [-0.39, 0.29) is 0 Å². The molecule has 17 heavy (non-hydrogen) atoms.